The van der Waals surface area contributed by atoms with Gasteiger partial charge in [-0.05, 0) is 29.6 Å². The largest absolute Gasteiger partial charge is 0.516 e. The highest BCUT2D eigenvalue weighted by Crippen LogP contribution is 2.37. The zero-order valence-corrected chi connectivity index (χ0v) is 11.8. The molecule has 0 aliphatic carbocycles. The van der Waals surface area contributed by atoms with Crippen molar-refractivity contribution in [2.75, 3.05) is 0 Å². The van der Waals surface area contributed by atoms with Crippen LogP contribution in [0.5, 0.6) is 0 Å². The zero-order chi connectivity index (χ0) is 11.7. The monoisotopic (exact) mass is 242 g/mol. The van der Waals surface area contributed by atoms with Gasteiger partial charge in [0.1, 0.15) is 0 Å². The van der Waals surface area contributed by atoms with Gasteiger partial charge in [0.05, 0.1) is 5.56 Å². The molecule has 0 bridgehead atoms. The minimum Gasteiger partial charge on any atom is -0.516 e. The molecule has 0 saturated heterocycles. The molecule has 4 heteroatoms. The normalized spacial score (nSPS) is 12.6. The second kappa shape index (κ2) is 4.10. The van der Waals surface area contributed by atoms with Crippen LogP contribution in [-0.4, -0.2) is 14.3 Å². The lowest BCUT2D eigenvalue weighted by molar-refractivity contribution is 0.0713. The van der Waals surface area contributed by atoms with E-state index < -0.39 is 8.32 Å². The highest BCUT2D eigenvalue weighted by molar-refractivity contribution is 7.08. The number of rotatable bonds is 2. The van der Waals surface area contributed by atoms with Crippen LogP contribution in [0.1, 0.15) is 31.1 Å². The third-order valence-electron chi connectivity index (χ3n) is 2.91. The predicted molar refractivity (Wildman–Crippen MR) is 66.9 cm³/mol. The van der Waals surface area contributed by atoms with Crippen LogP contribution in [-0.2, 0) is 4.43 Å². The lowest BCUT2D eigenvalue weighted by Crippen LogP contribution is -2.42. The van der Waals surface area contributed by atoms with Crippen LogP contribution in [0.25, 0.3) is 0 Å². The Hall–Kier alpha value is -0.613. The van der Waals surface area contributed by atoms with E-state index in [1.165, 1.54) is 11.3 Å². The van der Waals surface area contributed by atoms with E-state index in [1.54, 1.807) is 6.07 Å². The summed E-state index contributed by atoms with van der Waals surface area (Å²) in [7, 11) is -1.97. The van der Waals surface area contributed by atoms with Gasteiger partial charge in [-0.1, -0.05) is 20.8 Å². The summed E-state index contributed by atoms with van der Waals surface area (Å²) in [4.78, 5) is 11.8. The molecule has 1 aromatic rings. The van der Waals surface area contributed by atoms with Gasteiger partial charge < -0.3 is 4.43 Å². The van der Waals surface area contributed by atoms with Crippen molar-refractivity contribution >= 4 is 25.6 Å². The van der Waals surface area contributed by atoms with Crippen LogP contribution < -0.4 is 0 Å². The molecule has 0 atom stereocenters. The fraction of sp³-hybridized carbons (Fsp3) is 0.545. The fourth-order valence-electron chi connectivity index (χ4n) is 0.824. The van der Waals surface area contributed by atoms with Crippen molar-refractivity contribution in [3.8, 4) is 0 Å². The lowest BCUT2D eigenvalue weighted by Gasteiger charge is -2.35. The van der Waals surface area contributed by atoms with E-state index in [2.05, 4.69) is 33.9 Å². The maximum atomic E-state index is 11.8. The first-order valence-corrected chi connectivity index (χ1v) is 8.85. The van der Waals surface area contributed by atoms with Crippen LogP contribution in [0.3, 0.4) is 0 Å². The molecular formula is C11H18O2SSi. The van der Waals surface area contributed by atoms with Gasteiger partial charge in [0, 0.05) is 5.38 Å². The van der Waals surface area contributed by atoms with Gasteiger partial charge in [-0.3, -0.25) is 0 Å². The average Bonchev–Trinajstić information content (AvgIpc) is 2.51. The molecule has 84 valence electrons. The quantitative estimate of drug-likeness (QED) is 0.735. The van der Waals surface area contributed by atoms with Crippen molar-refractivity contribution < 1.29 is 9.22 Å². The summed E-state index contributed by atoms with van der Waals surface area (Å²) in [5.41, 5.74) is 0.671. The smallest absolute Gasteiger partial charge is 0.325 e. The molecule has 1 rings (SSSR count). The zero-order valence-electron chi connectivity index (χ0n) is 9.96. The third kappa shape index (κ3) is 2.92. The summed E-state index contributed by atoms with van der Waals surface area (Å²) >= 11 is 1.52. The molecule has 0 aliphatic rings. The first-order chi connectivity index (χ1) is 6.74. The SMILES string of the molecule is CC(C)(C)[Si](C)(C)OC(=O)c1ccsc1. The fourth-order valence-corrected chi connectivity index (χ4v) is 2.34. The number of carbonyl (C=O) groups excluding carboxylic acids is 1. The Morgan fingerprint density at radius 3 is 2.40 bits per heavy atom. The number of thiophene rings is 1. The van der Waals surface area contributed by atoms with Crippen molar-refractivity contribution in [2.45, 2.75) is 38.9 Å². The van der Waals surface area contributed by atoms with Gasteiger partial charge in [0.15, 0.2) is 0 Å². The van der Waals surface area contributed by atoms with E-state index in [9.17, 15) is 4.79 Å². The highest BCUT2D eigenvalue weighted by Gasteiger charge is 2.40. The van der Waals surface area contributed by atoms with Gasteiger partial charge in [-0.2, -0.15) is 11.3 Å². The van der Waals surface area contributed by atoms with Crippen LogP contribution in [0.2, 0.25) is 18.1 Å². The van der Waals surface area contributed by atoms with Crippen LogP contribution >= 0.6 is 11.3 Å². The Bertz CT molecular complexity index is 336. The van der Waals surface area contributed by atoms with E-state index in [-0.39, 0.29) is 11.0 Å². The number of carbonyl (C=O) groups is 1. The molecule has 2 nitrogen and oxygen atoms in total. The molecule has 0 amide bonds. The van der Waals surface area contributed by atoms with E-state index in [0.717, 1.165) is 0 Å². The summed E-state index contributed by atoms with van der Waals surface area (Å²) in [6.45, 7) is 10.5. The number of hydrogen-bond donors (Lipinski definition) is 0. The topological polar surface area (TPSA) is 26.3 Å². The Balaban J connectivity index is 2.75. The Morgan fingerprint density at radius 1 is 1.40 bits per heavy atom. The maximum absolute atomic E-state index is 11.8. The van der Waals surface area contributed by atoms with Crippen molar-refractivity contribution in [2.24, 2.45) is 0 Å². The first-order valence-electron chi connectivity index (χ1n) is 4.99. The standard InChI is InChI=1S/C11H18O2SSi/c1-11(2,3)15(4,5)13-10(12)9-6-7-14-8-9/h6-8H,1-5H3. The van der Waals surface area contributed by atoms with Crippen LogP contribution in [0, 0.1) is 0 Å². The van der Waals surface area contributed by atoms with Gasteiger partial charge >= 0.3 is 5.97 Å². The van der Waals surface area contributed by atoms with Gasteiger partial charge in [-0.15, -0.1) is 0 Å². The second-order valence-corrected chi connectivity index (χ2v) is 10.7. The first kappa shape index (κ1) is 12.5. The Kier molecular flexibility index (Phi) is 3.40. The van der Waals surface area contributed by atoms with Crippen LogP contribution in [0.15, 0.2) is 16.8 Å². The third-order valence-corrected chi connectivity index (χ3v) is 7.90. The average molecular weight is 242 g/mol. The van der Waals surface area contributed by atoms with E-state index in [0.29, 0.717) is 5.56 Å². The second-order valence-electron chi connectivity index (χ2n) is 5.16. The summed E-state index contributed by atoms with van der Waals surface area (Å²) in [5, 5.41) is 3.79. The van der Waals surface area contributed by atoms with Gasteiger partial charge in [0.2, 0.25) is 0 Å². The minimum absolute atomic E-state index is 0.0681. The van der Waals surface area contributed by atoms with Gasteiger partial charge in [0.25, 0.3) is 8.32 Å². The van der Waals surface area contributed by atoms with Gasteiger partial charge in [-0.25, -0.2) is 4.79 Å². The van der Waals surface area contributed by atoms with Crippen molar-refractivity contribution in [1.29, 1.82) is 0 Å². The molecule has 0 aromatic carbocycles. The molecule has 0 N–H and O–H groups in total. The summed E-state index contributed by atoms with van der Waals surface area (Å²) in [6.07, 6.45) is 0. The molecule has 15 heavy (non-hydrogen) atoms. The lowest BCUT2D eigenvalue weighted by atomic mass is 10.2. The summed E-state index contributed by atoms with van der Waals surface area (Å²) in [6, 6.07) is 1.81. The Morgan fingerprint density at radius 2 is 2.00 bits per heavy atom. The van der Waals surface area contributed by atoms with E-state index >= 15 is 0 Å². The van der Waals surface area contributed by atoms with Crippen molar-refractivity contribution in [3.63, 3.8) is 0 Å². The maximum Gasteiger partial charge on any atom is 0.325 e. The minimum atomic E-state index is -1.97. The number of hydrogen-bond acceptors (Lipinski definition) is 3. The van der Waals surface area contributed by atoms with E-state index in [1.807, 2.05) is 10.8 Å². The van der Waals surface area contributed by atoms with Crippen molar-refractivity contribution in [1.82, 2.24) is 0 Å². The predicted octanol–water partition coefficient (Wildman–Crippen LogP) is 3.91. The van der Waals surface area contributed by atoms with Crippen LogP contribution in [0.4, 0.5) is 0 Å². The molecule has 0 spiro atoms. The molecule has 0 aliphatic heterocycles. The molecule has 1 aromatic heterocycles. The van der Waals surface area contributed by atoms with Crippen molar-refractivity contribution in [3.05, 3.63) is 22.4 Å². The molecule has 0 unspecified atom stereocenters. The molecule has 0 radical (unpaired) electrons. The molecule has 0 fully saturated rings. The molecule has 0 saturated carbocycles. The highest BCUT2D eigenvalue weighted by atomic mass is 32.1. The summed E-state index contributed by atoms with van der Waals surface area (Å²) < 4.78 is 5.65. The summed E-state index contributed by atoms with van der Waals surface area (Å²) in [5.74, 6) is -0.178. The molecular weight excluding hydrogens is 224 g/mol. The Labute approximate surface area is 96.4 Å². The molecule has 1 heterocycles. The van der Waals surface area contributed by atoms with E-state index in [4.69, 9.17) is 4.43 Å².